The van der Waals surface area contributed by atoms with E-state index >= 15 is 0 Å². The molecule has 0 unspecified atom stereocenters. The molecule has 2 fully saturated rings. The molecule has 0 radical (unpaired) electrons. The van der Waals surface area contributed by atoms with E-state index in [1.54, 1.807) is 0 Å². The summed E-state index contributed by atoms with van der Waals surface area (Å²) >= 11 is 0. The Balaban J connectivity index is 1.59. The molecular weight excluding hydrogens is 229 g/mol. The number of anilines is 1. The van der Waals surface area contributed by atoms with E-state index in [-0.39, 0.29) is 5.82 Å². The van der Waals surface area contributed by atoms with Crippen LogP contribution in [0, 0.1) is 17.1 Å². The molecule has 4 heteroatoms. The quantitative estimate of drug-likeness (QED) is 0.642. The van der Waals surface area contributed by atoms with Gasteiger partial charge in [-0.1, -0.05) is 0 Å². The number of nitrogens with one attached hydrogen (secondary N) is 1. The lowest BCUT2D eigenvalue weighted by atomic mass is 10.2. The van der Waals surface area contributed by atoms with E-state index < -0.39 is 0 Å². The molecule has 0 amide bonds. The van der Waals surface area contributed by atoms with Gasteiger partial charge in [0.15, 0.2) is 0 Å². The monoisotopic (exact) mass is 247 g/mol. The first-order chi connectivity index (χ1) is 8.74. The molecule has 1 aromatic carbocycles. The molecule has 1 saturated carbocycles. The normalized spacial score (nSPS) is 20.1. The van der Waals surface area contributed by atoms with E-state index in [4.69, 9.17) is 5.41 Å². The highest BCUT2D eigenvalue weighted by molar-refractivity contribution is 5.84. The topological polar surface area (TPSA) is 30.3 Å². The number of hydrogen-bond acceptors (Lipinski definition) is 2. The zero-order valence-electron chi connectivity index (χ0n) is 10.4. The van der Waals surface area contributed by atoms with Crippen molar-refractivity contribution in [1.29, 1.82) is 5.41 Å². The summed E-state index contributed by atoms with van der Waals surface area (Å²) in [6.07, 6.45) is 2.38. The van der Waals surface area contributed by atoms with Crippen LogP contribution in [-0.2, 0) is 0 Å². The average molecular weight is 247 g/mol. The molecule has 2 aliphatic rings. The molecule has 1 heterocycles. The van der Waals surface area contributed by atoms with Gasteiger partial charge in [-0.2, -0.15) is 0 Å². The molecule has 0 spiro atoms. The molecule has 1 aliphatic heterocycles. The van der Waals surface area contributed by atoms with E-state index in [0.29, 0.717) is 5.92 Å². The molecule has 0 bridgehead atoms. The van der Waals surface area contributed by atoms with Crippen LogP contribution in [0.4, 0.5) is 10.1 Å². The van der Waals surface area contributed by atoms with Gasteiger partial charge in [-0.15, -0.1) is 0 Å². The second-order valence-corrected chi connectivity index (χ2v) is 5.11. The van der Waals surface area contributed by atoms with Gasteiger partial charge in [0, 0.05) is 37.8 Å². The van der Waals surface area contributed by atoms with Crippen LogP contribution in [0.1, 0.15) is 12.8 Å². The molecular formula is C14H18FN3. The molecule has 3 nitrogen and oxygen atoms in total. The third kappa shape index (κ3) is 2.33. The predicted molar refractivity (Wildman–Crippen MR) is 70.6 cm³/mol. The van der Waals surface area contributed by atoms with Crippen molar-refractivity contribution in [3.63, 3.8) is 0 Å². The highest BCUT2D eigenvalue weighted by atomic mass is 19.1. The molecule has 1 N–H and O–H groups in total. The summed E-state index contributed by atoms with van der Waals surface area (Å²) in [5.41, 5.74) is 1.08. The Kier molecular flexibility index (Phi) is 2.94. The van der Waals surface area contributed by atoms with Crippen LogP contribution in [0.15, 0.2) is 24.3 Å². The lowest BCUT2D eigenvalue weighted by molar-refractivity contribution is 0.374. The number of amidine groups is 1. The maximum absolute atomic E-state index is 12.9. The third-order valence-electron chi connectivity index (χ3n) is 3.78. The molecule has 1 saturated heterocycles. The number of halogens is 1. The molecule has 1 aromatic rings. The molecule has 18 heavy (non-hydrogen) atoms. The molecule has 3 rings (SSSR count). The Labute approximate surface area is 107 Å². The largest absolute Gasteiger partial charge is 0.368 e. The van der Waals surface area contributed by atoms with Gasteiger partial charge in [0.05, 0.1) is 5.84 Å². The fraction of sp³-hybridized carbons (Fsp3) is 0.500. The highest BCUT2D eigenvalue weighted by Gasteiger charge is 2.31. The van der Waals surface area contributed by atoms with Gasteiger partial charge in [0.25, 0.3) is 0 Å². The van der Waals surface area contributed by atoms with Crippen LogP contribution in [-0.4, -0.2) is 36.9 Å². The van der Waals surface area contributed by atoms with Crippen molar-refractivity contribution in [3.05, 3.63) is 30.1 Å². The number of piperazine rings is 1. The van der Waals surface area contributed by atoms with Crippen molar-refractivity contribution in [2.24, 2.45) is 5.92 Å². The lowest BCUT2D eigenvalue weighted by Crippen LogP contribution is -2.49. The van der Waals surface area contributed by atoms with E-state index in [1.165, 1.54) is 25.0 Å². The first-order valence-corrected chi connectivity index (χ1v) is 6.58. The van der Waals surface area contributed by atoms with Crippen LogP contribution in [0.3, 0.4) is 0 Å². The average Bonchev–Trinajstić information content (AvgIpc) is 3.23. The summed E-state index contributed by atoms with van der Waals surface area (Å²) in [6, 6.07) is 6.68. The minimum Gasteiger partial charge on any atom is -0.368 e. The van der Waals surface area contributed by atoms with Gasteiger partial charge in [-0.05, 0) is 37.1 Å². The van der Waals surface area contributed by atoms with Crippen LogP contribution in [0.25, 0.3) is 0 Å². The summed E-state index contributed by atoms with van der Waals surface area (Å²) in [6.45, 7) is 3.65. The van der Waals surface area contributed by atoms with E-state index in [9.17, 15) is 4.39 Å². The molecule has 0 atom stereocenters. The fourth-order valence-corrected chi connectivity index (χ4v) is 2.47. The van der Waals surface area contributed by atoms with Gasteiger partial charge in [-0.3, -0.25) is 5.41 Å². The van der Waals surface area contributed by atoms with E-state index in [2.05, 4.69) is 9.80 Å². The SMILES string of the molecule is N=C(C1CC1)N1CCN(c2ccc(F)cc2)CC1. The fourth-order valence-electron chi connectivity index (χ4n) is 2.47. The number of benzene rings is 1. The molecule has 96 valence electrons. The summed E-state index contributed by atoms with van der Waals surface area (Å²) in [4.78, 5) is 4.45. The van der Waals surface area contributed by atoms with Gasteiger partial charge >= 0.3 is 0 Å². The van der Waals surface area contributed by atoms with Gasteiger partial charge in [0.1, 0.15) is 5.82 Å². The maximum atomic E-state index is 12.9. The van der Waals surface area contributed by atoms with Gasteiger partial charge in [0.2, 0.25) is 0 Å². The van der Waals surface area contributed by atoms with Crippen molar-refractivity contribution < 1.29 is 4.39 Å². The van der Waals surface area contributed by atoms with Crippen LogP contribution >= 0.6 is 0 Å². The predicted octanol–water partition coefficient (Wildman–Crippen LogP) is 2.33. The second kappa shape index (κ2) is 4.59. The second-order valence-electron chi connectivity index (χ2n) is 5.11. The van der Waals surface area contributed by atoms with Crippen molar-refractivity contribution in [3.8, 4) is 0 Å². The summed E-state index contributed by atoms with van der Waals surface area (Å²) in [5, 5.41) is 8.06. The number of hydrogen-bond donors (Lipinski definition) is 1. The summed E-state index contributed by atoms with van der Waals surface area (Å²) in [7, 11) is 0. The standard InChI is InChI=1S/C14H18FN3/c15-12-3-5-13(6-4-12)17-7-9-18(10-8-17)14(16)11-1-2-11/h3-6,11,16H,1-2,7-10H2. The minimum atomic E-state index is -0.187. The van der Waals surface area contributed by atoms with Crippen LogP contribution < -0.4 is 4.90 Å². The van der Waals surface area contributed by atoms with E-state index in [0.717, 1.165) is 37.7 Å². The highest BCUT2D eigenvalue weighted by Crippen LogP contribution is 2.31. The Hall–Kier alpha value is -1.58. The summed E-state index contributed by atoms with van der Waals surface area (Å²) in [5.74, 6) is 1.17. The number of nitrogens with zero attached hydrogens (tertiary/aromatic N) is 2. The Morgan fingerprint density at radius 3 is 2.22 bits per heavy atom. The van der Waals surface area contributed by atoms with Crippen molar-refractivity contribution in [1.82, 2.24) is 4.90 Å². The smallest absolute Gasteiger partial charge is 0.123 e. The first-order valence-electron chi connectivity index (χ1n) is 6.58. The van der Waals surface area contributed by atoms with Gasteiger partial charge < -0.3 is 9.80 Å². The number of rotatable bonds is 2. The zero-order chi connectivity index (χ0) is 12.5. The molecule has 0 aromatic heterocycles. The van der Waals surface area contributed by atoms with Crippen LogP contribution in [0.2, 0.25) is 0 Å². The lowest BCUT2D eigenvalue weighted by Gasteiger charge is -2.37. The van der Waals surface area contributed by atoms with Crippen molar-refractivity contribution >= 4 is 11.5 Å². The minimum absolute atomic E-state index is 0.187. The Bertz CT molecular complexity index is 431. The summed E-state index contributed by atoms with van der Waals surface area (Å²) < 4.78 is 12.9. The van der Waals surface area contributed by atoms with E-state index in [1.807, 2.05) is 12.1 Å². The Morgan fingerprint density at radius 1 is 1.06 bits per heavy atom. The molecule has 1 aliphatic carbocycles. The zero-order valence-corrected chi connectivity index (χ0v) is 10.4. The third-order valence-corrected chi connectivity index (χ3v) is 3.78. The van der Waals surface area contributed by atoms with Crippen molar-refractivity contribution in [2.45, 2.75) is 12.8 Å². The Morgan fingerprint density at radius 2 is 1.67 bits per heavy atom. The van der Waals surface area contributed by atoms with Gasteiger partial charge in [-0.25, -0.2) is 4.39 Å². The maximum Gasteiger partial charge on any atom is 0.123 e. The van der Waals surface area contributed by atoms with Crippen LogP contribution in [0.5, 0.6) is 0 Å². The first kappa shape index (κ1) is 11.5. The van der Waals surface area contributed by atoms with Crippen molar-refractivity contribution in [2.75, 3.05) is 31.1 Å².